The van der Waals surface area contributed by atoms with Crippen LogP contribution in [0.15, 0.2) is 186 Å². The summed E-state index contributed by atoms with van der Waals surface area (Å²) in [6, 6.07) is 55.0. The van der Waals surface area contributed by atoms with Gasteiger partial charge in [0.2, 0.25) is 0 Å². The summed E-state index contributed by atoms with van der Waals surface area (Å²) in [6.45, 7) is 0. The number of furan rings is 1. The Balaban J connectivity index is 1.16. The zero-order chi connectivity index (χ0) is 41.6. The average molecular weight is 809 g/mol. The number of alkyl halides is 6. The number of fused-ring (bicyclic) bond motifs is 7. The van der Waals surface area contributed by atoms with Crippen LogP contribution in [0.4, 0.5) is 26.3 Å². The molecule has 10 aromatic carbocycles. The summed E-state index contributed by atoms with van der Waals surface area (Å²) < 4.78 is 88.2. The Morgan fingerprint density at radius 1 is 0.295 bits per heavy atom. The fraction of sp³-hybridized carbons (Fsp3) is 0.0370. The highest BCUT2D eigenvalue weighted by Gasteiger charge is 2.31. The maximum Gasteiger partial charge on any atom is 0.416 e. The van der Waals surface area contributed by atoms with E-state index in [-0.39, 0.29) is 0 Å². The van der Waals surface area contributed by atoms with Gasteiger partial charge in [-0.05, 0) is 130 Å². The van der Waals surface area contributed by atoms with Gasteiger partial charge in [0.1, 0.15) is 11.2 Å². The predicted octanol–water partition coefficient (Wildman–Crippen LogP) is 16.9. The van der Waals surface area contributed by atoms with E-state index in [1.54, 1.807) is 24.3 Å². The molecule has 0 bridgehead atoms. The molecule has 0 aliphatic carbocycles. The second-order valence-electron chi connectivity index (χ2n) is 15.3. The molecule has 1 nitrogen and oxygen atoms in total. The Hall–Kier alpha value is -7.38. The molecular formula is C54H30F6O. The highest BCUT2D eigenvalue weighted by atomic mass is 19.4. The smallest absolute Gasteiger partial charge is 0.416 e. The Bertz CT molecular complexity index is 3430. The number of hydrogen-bond donors (Lipinski definition) is 0. The second-order valence-corrected chi connectivity index (χ2v) is 15.3. The van der Waals surface area contributed by atoms with Crippen molar-refractivity contribution in [2.75, 3.05) is 0 Å². The molecule has 7 heteroatoms. The van der Waals surface area contributed by atoms with Crippen molar-refractivity contribution in [2.45, 2.75) is 12.4 Å². The molecular weight excluding hydrogens is 779 g/mol. The van der Waals surface area contributed by atoms with Crippen LogP contribution >= 0.6 is 0 Å². The quantitative estimate of drug-likeness (QED) is 0.128. The van der Waals surface area contributed by atoms with E-state index in [0.717, 1.165) is 112 Å². The SMILES string of the molecule is FC(F)(F)c1ccc(-c2c3ccccc3c(-c3ccc4oc5cccc(-c6c7ccccc7c(-c7ccc(C(F)(F)F)cc7)c7ccccc67)c5c4c3)c3ccccc23)cc1. The van der Waals surface area contributed by atoms with E-state index < -0.39 is 23.5 Å². The van der Waals surface area contributed by atoms with Gasteiger partial charge in [0.05, 0.1) is 11.1 Å². The van der Waals surface area contributed by atoms with Gasteiger partial charge in [-0.1, -0.05) is 140 Å². The van der Waals surface area contributed by atoms with Gasteiger partial charge < -0.3 is 4.42 Å². The average Bonchev–Trinajstić information content (AvgIpc) is 3.65. The van der Waals surface area contributed by atoms with Gasteiger partial charge in [-0.15, -0.1) is 0 Å². The standard InChI is InChI=1S/C54H30F6O/c55-53(56,57)34-25-20-31(21-26-34)48-36-10-1-3-12-38(36)50(39-13-4-2-11-37(39)48)33-24-29-46-45(30-33)52-44(18-9-19-47(52)61-46)51-42-16-7-5-14-40(42)49(41-15-6-8-17-43(41)51)32-22-27-35(28-23-32)54(58,59)60/h1-30H. The molecule has 0 unspecified atom stereocenters. The molecule has 0 spiro atoms. The van der Waals surface area contributed by atoms with Gasteiger partial charge in [0, 0.05) is 10.8 Å². The molecule has 1 aromatic heterocycles. The normalized spacial score (nSPS) is 12.4. The van der Waals surface area contributed by atoms with Crippen LogP contribution in [0.3, 0.4) is 0 Å². The molecule has 11 rings (SSSR count). The number of hydrogen-bond acceptors (Lipinski definition) is 1. The van der Waals surface area contributed by atoms with Crippen LogP contribution in [0.25, 0.3) is 110 Å². The monoisotopic (exact) mass is 808 g/mol. The Morgan fingerprint density at radius 2 is 0.656 bits per heavy atom. The molecule has 0 saturated heterocycles. The summed E-state index contributed by atoms with van der Waals surface area (Å²) in [5.41, 5.74) is 6.99. The molecule has 1 heterocycles. The van der Waals surface area contributed by atoms with Crippen LogP contribution < -0.4 is 0 Å². The first-order valence-electron chi connectivity index (χ1n) is 19.7. The minimum Gasteiger partial charge on any atom is -0.456 e. The summed E-state index contributed by atoms with van der Waals surface area (Å²) in [6.07, 6.45) is -8.89. The molecule has 0 amide bonds. The van der Waals surface area contributed by atoms with Crippen LogP contribution in [0.1, 0.15) is 11.1 Å². The van der Waals surface area contributed by atoms with Crippen molar-refractivity contribution >= 4 is 65.0 Å². The van der Waals surface area contributed by atoms with Crippen molar-refractivity contribution in [1.82, 2.24) is 0 Å². The summed E-state index contributed by atoms with van der Waals surface area (Å²) in [5.74, 6) is 0. The van der Waals surface area contributed by atoms with Crippen LogP contribution in [-0.2, 0) is 12.4 Å². The lowest BCUT2D eigenvalue weighted by molar-refractivity contribution is -0.138. The van der Waals surface area contributed by atoms with Gasteiger partial charge in [-0.25, -0.2) is 0 Å². The highest BCUT2D eigenvalue weighted by molar-refractivity contribution is 6.27. The molecule has 0 aliphatic heterocycles. The first kappa shape index (κ1) is 36.7. The summed E-state index contributed by atoms with van der Waals surface area (Å²) in [7, 11) is 0. The van der Waals surface area contributed by atoms with E-state index in [9.17, 15) is 26.3 Å². The third-order valence-corrected chi connectivity index (χ3v) is 11.9. The first-order valence-corrected chi connectivity index (χ1v) is 19.7. The van der Waals surface area contributed by atoms with Gasteiger partial charge in [-0.3, -0.25) is 0 Å². The zero-order valence-corrected chi connectivity index (χ0v) is 32.0. The minimum absolute atomic E-state index is 0.687. The van der Waals surface area contributed by atoms with Crippen LogP contribution in [0, 0.1) is 0 Å². The van der Waals surface area contributed by atoms with Crippen molar-refractivity contribution < 1.29 is 30.8 Å². The molecule has 0 aliphatic rings. The summed E-state index contributed by atoms with van der Waals surface area (Å²) >= 11 is 0. The van der Waals surface area contributed by atoms with Crippen LogP contribution in [0.2, 0.25) is 0 Å². The van der Waals surface area contributed by atoms with E-state index in [2.05, 4.69) is 42.5 Å². The molecule has 11 aromatic rings. The summed E-state index contributed by atoms with van der Waals surface area (Å²) in [5, 5.41) is 9.29. The maximum absolute atomic E-state index is 13.6. The van der Waals surface area contributed by atoms with Crippen molar-refractivity contribution in [1.29, 1.82) is 0 Å². The van der Waals surface area contributed by atoms with E-state index in [1.165, 1.54) is 0 Å². The number of benzene rings is 10. The third-order valence-electron chi connectivity index (χ3n) is 11.9. The Kier molecular flexibility index (Phi) is 8.16. The molecule has 294 valence electrons. The van der Waals surface area contributed by atoms with Crippen molar-refractivity contribution in [2.24, 2.45) is 0 Å². The van der Waals surface area contributed by atoms with Gasteiger partial charge >= 0.3 is 12.4 Å². The predicted molar refractivity (Wildman–Crippen MR) is 235 cm³/mol. The molecule has 0 radical (unpaired) electrons. The maximum atomic E-state index is 13.6. The molecule has 0 atom stereocenters. The Morgan fingerprint density at radius 3 is 1.05 bits per heavy atom. The topological polar surface area (TPSA) is 13.1 Å². The molecule has 0 fully saturated rings. The van der Waals surface area contributed by atoms with E-state index in [0.29, 0.717) is 22.3 Å². The number of halogens is 6. The highest BCUT2D eigenvalue weighted by Crippen LogP contribution is 2.49. The van der Waals surface area contributed by atoms with Crippen molar-refractivity contribution in [3.63, 3.8) is 0 Å². The first-order chi connectivity index (χ1) is 29.5. The zero-order valence-electron chi connectivity index (χ0n) is 32.0. The fourth-order valence-corrected chi connectivity index (χ4v) is 9.32. The third kappa shape index (κ3) is 5.87. The van der Waals surface area contributed by atoms with E-state index in [4.69, 9.17) is 4.42 Å². The van der Waals surface area contributed by atoms with Gasteiger partial charge in [0.15, 0.2) is 0 Å². The molecule has 0 N–H and O–H groups in total. The second kappa shape index (κ2) is 13.6. The lowest BCUT2D eigenvalue weighted by Gasteiger charge is -2.19. The van der Waals surface area contributed by atoms with E-state index >= 15 is 0 Å². The molecule has 0 saturated carbocycles. The largest absolute Gasteiger partial charge is 0.456 e. The van der Waals surface area contributed by atoms with Crippen molar-refractivity contribution in [3.8, 4) is 44.5 Å². The van der Waals surface area contributed by atoms with Gasteiger partial charge in [0.25, 0.3) is 0 Å². The fourth-order valence-electron chi connectivity index (χ4n) is 9.32. The van der Waals surface area contributed by atoms with Gasteiger partial charge in [-0.2, -0.15) is 26.3 Å². The van der Waals surface area contributed by atoms with Crippen LogP contribution in [0.5, 0.6) is 0 Å². The Labute approximate surface area is 344 Å². The lowest BCUT2D eigenvalue weighted by Crippen LogP contribution is -2.04. The van der Waals surface area contributed by atoms with Crippen LogP contribution in [-0.4, -0.2) is 0 Å². The van der Waals surface area contributed by atoms with E-state index in [1.807, 2.05) is 91.0 Å². The molecule has 61 heavy (non-hydrogen) atoms. The summed E-state index contributed by atoms with van der Waals surface area (Å²) in [4.78, 5) is 0. The lowest BCUT2D eigenvalue weighted by atomic mass is 9.84. The van der Waals surface area contributed by atoms with Crippen molar-refractivity contribution in [3.05, 3.63) is 193 Å². The number of rotatable bonds is 4. The minimum atomic E-state index is -4.45.